The van der Waals surface area contributed by atoms with E-state index < -0.39 is 23.6 Å². The second-order valence-corrected chi connectivity index (χ2v) is 10.2. The van der Waals surface area contributed by atoms with Crippen molar-refractivity contribution in [2.45, 2.75) is 33.3 Å². The molecule has 0 atom stereocenters. The quantitative estimate of drug-likeness (QED) is 0.199. The van der Waals surface area contributed by atoms with Crippen LogP contribution in [0.1, 0.15) is 45.8 Å². The zero-order chi connectivity index (χ0) is 30.6. The van der Waals surface area contributed by atoms with Gasteiger partial charge in [-0.2, -0.15) is 13.2 Å². The number of hydrogen-bond acceptors (Lipinski definition) is 4. The molecule has 0 saturated carbocycles. The average Bonchev–Trinajstić information content (AvgIpc) is 3.30. The van der Waals surface area contributed by atoms with Gasteiger partial charge >= 0.3 is 6.18 Å². The molecule has 3 aromatic carbocycles. The van der Waals surface area contributed by atoms with E-state index >= 15 is 0 Å². The first kappa shape index (κ1) is 30.6. The molecule has 0 aliphatic rings. The Labute approximate surface area is 244 Å². The smallest absolute Gasteiger partial charge is 0.364 e. The summed E-state index contributed by atoms with van der Waals surface area (Å²) in [6.45, 7) is 3.83. The van der Waals surface area contributed by atoms with Gasteiger partial charge in [0, 0.05) is 36.3 Å². The number of amides is 3. The van der Waals surface area contributed by atoms with Gasteiger partial charge in [-0.15, -0.1) is 0 Å². The first-order valence-corrected chi connectivity index (χ1v) is 13.2. The number of aromatic nitrogens is 1. The molecule has 12 heteroatoms. The highest BCUT2D eigenvalue weighted by Gasteiger charge is 2.30. The van der Waals surface area contributed by atoms with E-state index in [1.54, 1.807) is 60.9 Å². The Hall–Kier alpha value is -4.35. The first-order valence-electron chi connectivity index (χ1n) is 12.9. The van der Waals surface area contributed by atoms with Crippen LogP contribution in [0.4, 0.5) is 24.5 Å². The summed E-state index contributed by atoms with van der Waals surface area (Å²) in [6.07, 6.45) is -4.49. The fraction of sp³-hybridized carbons (Fsp3) is 0.233. The molecule has 220 valence electrons. The van der Waals surface area contributed by atoms with E-state index in [2.05, 4.69) is 16.0 Å². The second-order valence-electron chi connectivity index (χ2n) is 9.82. The highest BCUT2D eigenvalue weighted by Crippen LogP contribution is 2.30. The molecule has 3 N–H and O–H groups in total. The van der Waals surface area contributed by atoms with Crippen LogP contribution < -0.4 is 16.0 Å². The van der Waals surface area contributed by atoms with Crippen molar-refractivity contribution in [2.75, 3.05) is 17.7 Å². The number of halogens is 4. The van der Waals surface area contributed by atoms with Crippen LogP contribution in [0.2, 0.25) is 5.02 Å². The minimum Gasteiger partial charge on any atom is -0.364 e. The van der Waals surface area contributed by atoms with Gasteiger partial charge in [0.15, 0.2) is 0 Å². The number of hydrogen-bond donors (Lipinski definition) is 3. The van der Waals surface area contributed by atoms with Gasteiger partial charge in [-0.1, -0.05) is 31.5 Å². The Morgan fingerprint density at radius 2 is 1.57 bits per heavy atom. The first-order chi connectivity index (χ1) is 19.9. The van der Waals surface area contributed by atoms with Crippen LogP contribution in [0.5, 0.6) is 0 Å². The minimum atomic E-state index is -4.49. The lowest BCUT2D eigenvalue weighted by molar-refractivity contribution is -0.137. The van der Waals surface area contributed by atoms with Crippen LogP contribution in [0.3, 0.4) is 0 Å². The molecule has 4 rings (SSSR count). The molecule has 0 fully saturated rings. The molecule has 0 bridgehead atoms. The van der Waals surface area contributed by atoms with E-state index in [4.69, 9.17) is 16.3 Å². The lowest BCUT2D eigenvalue weighted by Crippen LogP contribution is -2.27. The van der Waals surface area contributed by atoms with Crippen molar-refractivity contribution >= 4 is 51.6 Å². The highest BCUT2D eigenvalue weighted by molar-refractivity contribution is 6.34. The van der Waals surface area contributed by atoms with Crippen LogP contribution in [-0.4, -0.2) is 29.4 Å². The number of rotatable bonds is 9. The average molecular weight is 601 g/mol. The third-order valence-electron chi connectivity index (χ3n) is 6.39. The number of carbonyl (C=O) groups excluding carboxylic acids is 3. The molecule has 8 nitrogen and oxygen atoms in total. The molecular formula is C30H28ClF3N4O4. The van der Waals surface area contributed by atoms with Crippen LogP contribution in [0, 0.1) is 5.92 Å². The third kappa shape index (κ3) is 7.10. The van der Waals surface area contributed by atoms with Crippen LogP contribution in [-0.2, 0) is 29.0 Å². The van der Waals surface area contributed by atoms with Gasteiger partial charge in [0.1, 0.15) is 12.4 Å². The molecule has 0 radical (unpaired) electrons. The summed E-state index contributed by atoms with van der Waals surface area (Å²) in [7, 11) is 1.46. The minimum absolute atomic E-state index is 0.0285. The van der Waals surface area contributed by atoms with Gasteiger partial charge in [-0.05, 0) is 66.2 Å². The largest absolute Gasteiger partial charge is 0.416 e. The standard InChI is InChI=1S/C30H28ClF3N4O4/c1-17(2)27(39)35-15-18-4-10-24(31)23(12-18)28(40)37-22-9-11-25-19(13-22)14-26(38(25)16-42-3)29(41)36-21-7-5-20(6-8-21)30(32,33)34/h4-14,17H,15-16H2,1-3H3,(H,35,39)(H,36,41)(H,37,40). The number of ether oxygens (including phenoxy) is 1. The maximum Gasteiger partial charge on any atom is 0.416 e. The number of nitrogens with zero attached hydrogens (tertiary/aromatic N) is 1. The van der Waals surface area contributed by atoms with Crippen molar-refractivity contribution < 1.29 is 32.3 Å². The summed E-state index contributed by atoms with van der Waals surface area (Å²) in [5.41, 5.74) is 1.57. The summed E-state index contributed by atoms with van der Waals surface area (Å²) >= 11 is 6.29. The molecule has 4 aromatic rings. The maximum atomic E-state index is 13.1. The van der Waals surface area contributed by atoms with Crippen molar-refractivity contribution in [2.24, 2.45) is 5.92 Å². The van der Waals surface area contributed by atoms with E-state index in [0.717, 1.165) is 12.1 Å². The SMILES string of the molecule is COCn1c(C(=O)Nc2ccc(C(F)(F)F)cc2)cc2cc(NC(=O)c3cc(CNC(=O)C(C)C)ccc3Cl)ccc21. The third-order valence-corrected chi connectivity index (χ3v) is 6.72. The fourth-order valence-electron chi connectivity index (χ4n) is 4.19. The molecule has 0 unspecified atom stereocenters. The Kier molecular flexibility index (Phi) is 9.23. The summed E-state index contributed by atoms with van der Waals surface area (Å²) < 4.78 is 45.5. The Morgan fingerprint density at radius 3 is 2.21 bits per heavy atom. The molecule has 0 aliphatic heterocycles. The summed E-state index contributed by atoms with van der Waals surface area (Å²) in [5, 5.41) is 9.06. The second kappa shape index (κ2) is 12.7. The highest BCUT2D eigenvalue weighted by atomic mass is 35.5. The monoisotopic (exact) mass is 600 g/mol. The molecule has 42 heavy (non-hydrogen) atoms. The molecule has 3 amide bonds. The lowest BCUT2D eigenvalue weighted by Gasteiger charge is -2.12. The van der Waals surface area contributed by atoms with E-state index in [0.29, 0.717) is 22.2 Å². The molecule has 1 aromatic heterocycles. The summed E-state index contributed by atoms with van der Waals surface area (Å²) in [6, 6.07) is 15.7. The van der Waals surface area contributed by atoms with Gasteiger partial charge < -0.3 is 25.3 Å². The number of alkyl halides is 3. The summed E-state index contributed by atoms with van der Waals surface area (Å²) in [5.74, 6) is -1.31. The zero-order valence-electron chi connectivity index (χ0n) is 22.9. The number of fused-ring (bicyclic) bond motifs is 1. The summed E-state index contributed by atoms with van der Waals surface area (Å²) in [4.78, 5) is 38.1. The predicted molar refractivity (Wildman–Crippen MR) is 154 cm³/mol. The van der Waals surface area contributed by atoms with Gasteiger partial charge in [-0.3, -0.25) is 14.4 Å². The Balaban J connectivity index is 1.54. The Bertz CT molecular complexity index is 1630. The van der Waals surface area contributed by atoms with Crippen molar-refractivity contribution in [3.05, 3.63) is 94.1 Å². The molecule has 0 aliphatic carbocycles. The van der Waals surface area contributed by atoms with Gasteiger partial charge in [0.05, 0.1) is 21.7 Å². The van der Waals surface area contributed by atoms with E-state index in [1.807, 2.05) is 0 Å². The van der Waals surface area contributed by atoms with Crippen LogP contribution in [0.25, 0.3) is 10.9 Å². The number of carbonyl (C=O) groups is 3. The molecule has 0 spiro atoms. The van der Waals surface area contributed by atoms with Gasteiger partial charge in [0.25, 0.3) is 11.8 Å². The molecule has 0 saturated heterocycles. The maximum absolute atomic E-state index is 13.1. The van der Waals surface area contributed by atoms with Gasteiger partial charge in [0.2, 0.25) is 5.91 Å². The number of nitrogens with one attached hydrogen (secondary N) is 3. The lowest BCUT2D eigenvalue weighted by atomic mass is 10.1. The number of anilines is 2. The molecule has 1 heterocycles. The Morgan fingerprint density at radius 1 is 0.905 bits per heavy atom. The predicted octanol–water partition coefficient (Wildman–Crippen LogP) is 6.69. The zero-order valence-corrected chi connectivity index (χ0v) is 23.7. The normalized spacial score (nSPS) is 11.5. The molecular weight excluding hydrogens is 573 g/mol. The van der Waals surface area contributed by atoms with E-state index in [-0.39, 0.29) is 47.1 Å². The van der Waals surface area contributed by atoms with E-state index in [9.17, 15) is 27.6 Å². The topological polar surface area (TPSA) is 101 Å². The van der Waals surface area contributed by atoms with Crippen molar-refractivity contribution in [3.8, 4) is 0 Å². The number of methoxy groups -OCH3 is 1. The van der Waals surface area contributed by atoms with Crippen LogP contribution in [0.15, 0.2) is 66.7 Å². The van der Waals surface area contributed by atoms with Crippen molar-refractivity contribution in [1.29, 1.82) is 0 Å². The van der Waals surface area contributed by atoms with Crippen molar-refractivity contribution in [3.63, 3.8) is 0 Å². The van der Waals surface area contributed by atoms with Crippen LogP contribution >= 0.6 is 11.6 Å². The fourth-order valence-corrected chi connectivity index (χ4v) is 4.39. The number of benzene rings is 3. The van der Waals surface area contributed by atoms with Gasteiger partial charge in [-0.25, -0.2) is 0 Å². The van der Waals surface area contributed by atoms with Crippen molar-refractivity contribution in [1.82, 2.24) is 9.88 Å². The van der Waals surface area contributed by atoms with E-state index in [1.165, 1.54) is 19.2 Å².